The smallest absolute Gasteiger partial charge is 0.338 e. The number of aromatic nitrogens is 2. The van der Waals surface area contributed by atoms with E-state index in [0.717, 1.165) is 28.9 Å². The summed E-state index contributed by atoms with van der Waals surface area (Å²) in [5.41, 5.74) is -1.35. The maximum absolute atomic E-state index is 12.6. The zero-order valence-electron chi connectivity index (χ0n) is 32.5. The number of nitrogens with zero attached hydrogens (tertiary/aromatic N) is 8. The van der Waals surface area contributed by atoms with Crippen molar-refractivity contribution in [3.63, 3.8) is 0 Å². The molecule has 0 radical (unpaired) electrons. The Morgan fingerprint density at radius 2 is 1.28 bits per heavy atom. The van der Waals surface area contributed by atoms with Gasteiger partial charge in [0.15, 0.2) is 22.5 Å². The van der Waals surface area contributed by atoms with E-state index in [-0.39, 0.29) is 85.1 Å². The van der Waals surface area contributed by atoms with E-state index in [0.29, 0.717) is 6.07 Å². The standard InChI is InChI=1S/C37H32N8O16S3/c1-19-33(42-38-21-3-6-23(7-4-21)63(54,55)56)36(49)45(44-19)22-5-2-20-14-32(62(52)53)34(35(48)25(20)15-22)43-41-29-18-30(60-12-10-46)28(17-31(29)61-13-11-47)40-39-27-9-8-24(64(57,58)59)16-26(27)37(50)51/h2-9,14-18,46-49H,10-13H2,1H3,(H,50,51)(H,52,53)(H,54,55,56)(H,57,58,59)/b40-39+,42-38+,43-41+. The number of aliphatic hydroxyl groups excluding tert-OH is 2. The number of hydrogen-bond donors (Lipinski definition) is 8. The Hall–Kier alpha value is -7.11. The number of carboxylic acid groups (broad SMARTS) is 1. The first-order valence-electron chi connectivity index (χ1n) is 17.8. The molecule has 0 amide bonds. The molecule has 0 fully saturated rings. The van der Waals surface area contributed by atoms with Crippen LogP contribution in [0.4, 0.5) is 34.1 Å². The number of benzene rings is 5. The van der Waals surface area contributed by atoms with Gasteiger partial charge in [0.2, 0.25) is 5.88 Å². The van der Waals surface area contributed by atoms with Gasteiger partial charge in [-0.15, -0.1) is 25.6 Å². The molecule has 0 bridgehead atoms. The Bertz CT molecular complexity index is 3140. The highest BCUT2D eigenvalue weighted by Gasteiger charge is 2.22. The zero-order chi connectivity index (χ0) is 46.5. The van der Waals surface area contributed by atoms with Crippen molar-refractivity contribution in [2.45, 2.75) is 21.6 Å². The van der Waals surface area contributed by atoms with Crippen molar-refractivity contribution in [2.24, 2.45) is 30.7 Å². The van der Waals surface area contributed by atoms with Crippen LogP contribution >= 0.6 is 0 Å². The Labute approximate surface area is 362 Å². The van der Waals surface area contributed by atoms with Gasteiger partial charge >= 0.3 is 5.97 Å². The quantitative estimate of drug-likeness (QED) is 0.0274. The number of fused-ring (bicyclic) bond motifs is 1. The van der Waals surface area contributed by atoms with Crippen molar-refractivity contribution < 1.29 is 74.5 Å². The molecule has 334 valence electrons. The first kappa shape index (κ1) is 46.4. The van der Waals surface area contributed by atoms with Crippen molar-refractivity contribution in [1.29, 1.82) is 0 Å². The number of phenolic OH excluding ortho intramolecular Hbond substituents is 1. The minimum atomic E-state index is -4.77. The number of carboxylic acids is 1. The third kappa shape index (κ3) is 10.4. The summed E-state index contributed by atoms with van der Waals surface area (Å²) in [6, 6.07) is 15.2. The van der Waals surface area contributed by atoms with Gasteiger partial charge in [-0.25, -0.2) is 9.00 Å². The second kappa shape index (κ2) is 19.1. The molecule has 1 unspecified atom stereocenters. The lowest BCUT2D eigenvalue weighted by Crippen LogP contribution is -2.04. The Morgan fingerprint density at radius 3 is 1.84 bits per heavy atom. The molecule has 1 heterocycles. The minimum absolute atomic E-state index is 0.0418. The van der Waals surface area contributed by atoms with Crippen LogP contribution in [0.3, 0.4) is 0 Å². The number of ether oxygens (including phenoxy) is 2. The number of hydrogen-bond acceptors (Lipinski definition) is 19. The third-order valence-electron chi connectivity index (χ3n) is 8.63. The van der Waals surface area contributed by atoms with E-state index in [4.69, 9.17) is 9.47 Å². The summed E-state index contributed by atoms with van der Waals surface area (Å²) in [4.78, 5) is 10.4. The predicted molar refractivity (Wildman–Crippen MR) is 222 cm³/mol. The van der Waals surface area contributed by atoms with Crippen LogP contribution in [0.5, 0.6) is 23.1 Å². The SMILES string of the molecule is Cc1nn(-c2ccc3cc(S(=O)O)c(/N=N/c4cc(OCCO)c(/N=N/c5ccc(S(=O)(=O)O)cc5C(=O)O)cc4OCCO)c(O)c3c2)c(O)c1/N=N/c1ccc(S(=O)(=O)O)cc1. The summed E-state index contributed by atoms with van der Waals surface area (Å²) in [5.74, 6) is -3.06. The first-order chi connectivity index (χ1) is 30.3. The molecule has 27 heteroatoms. The number of rotatable bonds is 17. The number of azo groups is 3. The van der Waals surface area contributed by atoms with E-state index >= 15 is 0 Å². The van der Waals surface area contributed by atoms with Gasteiger partial charge in [-0.1, -0.05) is 6.07 Å². The maximum Gasteiger partial charge on any atom is 0.338 e. The van der Waals surface area contributed by atoms with E-state index in [1.807, 2.05) is 0 Å². The lowest BCUT2D eigenvalue weighted by molar-refractivity contribution is 0.0697. The van der Waals surface area contributed by atoms with Gasteiger partial charge in [0.1, 0.15) is 47.5 Å². The van der Waals surface area contributed by atoms with E-state index < -0.39 is 78.3 Å². The van der Waals surface area contributed by atoms with Crippen LogP contribution in [0.2, 0.25) is 0 Å². The van der Waals surface area contributed by atoms with Gasteiger partial charge in [-0.2, -0.15) is 31.7 Å². The number of phenols is 1. The highest BCUT2D eigenvalue weighted by Crippen LogP contribution is 2.45. The van der Waals surface area contributed by atoms with Crippen molar-refractivity contribution in [3.05, 3.63) is 90.1 Å². The van der Waals surface area contributed by atoms with Crippen LogP contribution in [0.25, 0.3) is 16.5 Å². The van der Waals surface area contributed by atoms with Crippen LogP contribution < -0.4 is 9.47 Å². The predicted octanol–water partition coefficient (Wildman–Crippen LogP) is 6.51. The van der Waals surface area contributed by atoms with Crippen LogP contribution in [-0.2, 0) is 31.3 Å². The maximum atomic E-state index is 12.6. The Morgan fingerprint density at radius 1 is 0.719 bits per heavy atom. The van der Waals surface area contributed by atoms with Gasteiger partial charge < -0.3 is 39.6 Å². The fourth-order valence-electron chi connectivity index (χ4n) is 5.67. The highest BCUT2D eigenvalue weighted by atomic mass is 32.2. The number of aliphatic hydroxyl groups is 2. The average Bonchev–Trinajstić information content (AvgIpc) is 3.54. The second-order valence-corrected chi connectivity index (χ2v) is 16.6. The summed E-state index contributed by atoms with van der Waals surface area (Å²) >= 11 is -2.76. The lowest BCUT2D eigenvalue weighted by Gasteiger charge is -2.13. The molecular weight excluding hydrogens is 909 g/mol. The summed E-state index contributed by atoms with van der Waals surface area (Å²) in [7, 11) is -9.21. The summed E-state index contributed by atoms with van der Waals surface area (Å²) in [5, 5.41) is 80.0. The van der Waals surface area contributed by atoms with Gasteiger partial charge in [0.25, 0.3) is 20.2 Å². The number of aromatic carboxylic acids is 1. The van der Waals surface area contributed by atoms with E-state index in [2.05, 4.69) is 35.8 Å². The number of aryl methyl sites for hydroxylation is 1. The van der Waals surface area contributed by atoms with Crippen LogP contribution in [0.1, 0.15) is 16.1 Å². The van der Waals surface area contributed by atoms with Gasteiger partial charge in [0.05, 0.1) is 50.5 Å². The van der Waals surface area contributed by atoms with Crippen LogP contribution in [-0.4, -0.2) is 102 Å². The normalized spacial score (nSPS) is 12.8. The zero-order valence-corrected chi connectivity index (χ0v) is 34.9. The fourth-order valence-corrected chi connectivity index (χ4v) is 7.19. The summed E-state index contributed by atoms with van der Waals surface area (Å²) in [6.45, 7) is -0.110. The largest absolute Gasteiger partial charge is 0.505 e. The molecule has 24 nitrogen and oxygen atoms in total. The summed E-state index contributed by atoms with van der Waals surface area (Å²) in [6.07, 6.45) is 0. The number of aromatic hydroxyl groups is 2. The molecule has 0 aliphatic heterocycles. The van der Waals surface area contributed by atoms with E-state index in [9.17, 15) is 65.0 Å². The molecule has 8 N–H and O–H groups in total. The molecule has 6 aromatic rings. The van der Waals surface area contributed by atoms with Crippen molar-refractivity contribution in [3.8, 4) is 28.8 Å². The number of carbonyl (C=O) groups is 1. The molecule has 5 aromatic carbocycles. The van der Waals surface area contributed by atoms with Gasteiger partial charge in [-0.3, -0.25) is 9.11 Å². The molecule has 0 saturated carbocycles. The Balaban J connectivity index is 1.40. The highest BCUT2D eigenvalue weighted by molar-refractivity contribution is 7.86. The Kier molecular flexibility index (Phi) is 13.8. The summed E-state index contributed by atoms with van der Waals surface area (Å²) < 4.78 is 99.5. The third-order valence-corrected chi connectivity index (χ3v) is 11.0. The molecule has 0 saturated heterocycles. The second-order valence-electron chi connectivity index (χ2n) is 12.9. The van der Waals surface area contributed by atoms with Crippen molar-refractivity contribution in [2.75, 3.05) is 26.4 Å². The van der Waals surface area contributed by atoms with Crippen LogP contribution in [0, 0.1) is 6.92 Å². The van der Waals surface area contributed by atoms with E-state index in [1.165, 1.54) is 55.5 Å². The van der Waals surface area contributed by atoms with Crippen LogP contribution in [0.15, 0.2) is 124 Å². The minimum Gasteiger partial charge on any atom is -0.505 e. The van der Waals surface area contributed by atoms with E-state index in [1.54, 1.807) is 0 Å². The molecule has 0 aliphatic carbocycles. The van der Waals surface area contributed by atoms with Crippen molar-refractivity contribution >= 4 is 82.2 Å². The molecule has 6 rings (SSSR count). The molecular formula is C37H32N8O16S3. The topological polar surface area (TPSA) is 375 Å². The molecule has 64 heavy (non-hydrogen) atoms. The lowest BCUT2D eigenvalue weighted by atomic mass is 10.1. The average molecular weight is 941 g/mol. The van der Waals surface area contributed by atoms with Gasteiger partial charge in [-0.05, 0) is 73.0 Å². The first-order valence-corrected chi connectivity index (χ1v) is 21.8. The van der Waals surface area contributed by atoms with Crippen molar-refractivity contribution in [1.82, 2.24) is 9.78 Å². The molecule has 1 aromatic heterocycles. The molecule has 0 aliphatic rings. The van der Waals surface area contributed by atoms with Gasteiger partial charge in [0, 0.05) is 17.5 Å². The molecule has 0 spiro atoms. The monoisotopic (exact) mass is 940 g/mol. The molecule has 1 atom stereocenters. The fraction of sp³-hybridized carbons (Fsp3) is 0.135.